The first kappa shape index (κ1) is 9.70. The Kier molecular flexibility index (Phi) is 2.18. The van der Waals surface area contributed by atoms with Gasteiger partial charge >= 0.3 is 5.97 Å². The van der Waals surface area contributed by atoms with Crippen molar-refractivity contribution in [2.45, 2.75) is 18.9 Å². The number of carbonyl (C=O) groups is 1. The summed E-state index contributed by atoms with van der Waals surface area (Å²) in [6.45, 7) is 0. The molecule has 0 aliphatic carbocycles. The second kappa shape index (κ2) is 3.38. The molecule has 0 spiro atoms. The van der Waals surface area contributed by atoms with Crippen molar-refractivity contribution in [1.82, 2.24) is 9.55 Å². The fraction of sp³-hybridized carbons (Fsp3) is 0.444. The molecule has 1 aliphatic rings. The predicted molar refractivity (Wildman–Crippen MR) is 52.3 cm³/mol. The molecular weight excluding hydrogens is 198 g/mol. The number of aryl methyl sites for hydroxylation is 1. The molecule has 15 heavy (non-hydrogen) atoms. The van der Waals surface area contributed by atoms with E-state index in [2.05, 4.69) is 9.72 Å². The molecular formula is C9H11N3O3. The van der Waals surface area contributed by atoms with Crippen LogP contribution in [0.4, 0.5) is 5.69 Å². The van der Waals surface area contributed by atoms with Crippen molar-refractivity contribution < 1.29 is 9.53 Å². The average Bonchev–Trinajstić information content (AvgIpc) is 2.67. The Morgan fingerprint density at radius 3 is 3.13 bits per heavy atom. The van der Waals surface area contributed by atoms with Crippen LogP contribution >= 0.6 is 0 Å². The van der Waals surface area contributed by atoms with E-state index in [1.165, 1.54) is 17.9 Å². The summed E-state index contributed by atoms with van der Waals surface area (Å²) in [5.74, 6) is 0.160. The van der Waals surface area contributed by atoms with E-state index in [-0.39, 0.29) is 11.2 Å². The molecule has 2 heterocycles. The minimum atomic E-state index is -0.575. The van der Waals surface area contributed by atoms with Gasteiger partial charge in [0.05, 0.1) is 13.3 Å². The van der Waals surface area contributed by atoms with Gasteiger partial charge in [0.1, 0.15) is 17.6 Å². The summed E-state index contributed by atoms with van der Waals surface area (Å²) in [4.78, 5) is 27.1. The highest BCUT2D eigenvalue weighted by Crippen LogP contribution is 2.23. The summed E-state index contributed by atoms with van der Waals surface area (Å²) in [7, 11) is 1.30. The van der Waals surface area contributed by atoms with Gasteiger partial charge in [0.15, 0.2) is 0 Å². The highest BCUT2D eigenvalue weighted by molar-refractivity contribution is 5.74. The lowest BCUT2D eigenvalue weighted by Crippen LogP contribution is -2.30. The zero-order valence-corrected chi connectivity index (χ0v) is 8.27. The summed E-state index contributed by atoms with van der Waals surface area (Å²) in [6, 6.07) is -0.575. The molecule has 0 amide bonds. The molecule has 6 heteroatoms. The van der Waals surface area contributed by atoms with Crippen LogP contribution in [-0.4, -0.2) is 22.6 Å². The lowest BCUT2D eigenvalue weighted by Gasteiger charge is -2.11. The minimum Gasteiger partial charge on any atom is -0.467 e. The van der Waals surface area contributed by atoms with E-state index in [4.69, 9.17) is 5.73 Å². The number of carbonyl (C=O) groups excluding carboxylic acids is 1. The molecule has 0 saturated carbocycles. The highest BCUT2D eigenvalue weighted by Gasteiger charge is 2.31. The van der Waals surface area contributed by atoms with Gasteiger partial charge in [0.2, 0.25) is 0 Å². The number of nitrogens with two attached hydrogens (primary N) is 1. The Balaban J connectivity index is 2.54. The van der Waals surface area contributed by atoms with Gasteiger partial charge in [-0.15, -0.1) is 0 Å². The fourth-order valence-corrected chi connectivity index (χ4v) is 1.78. The topological polar surface area (TPSA) is 87.2 Å². The zero-order valence-electron chi connectivity index (χ0n) is 8.27. The number of hydrogen-bond acceptors (Lipinski definition) is 5. The number of ether oxygens (including phenoxy) is 1. The van der Waals surface area contributed by atoms with E-state index < -0.39 is 12.0 Å². The molecule has 1 aromatic heterocycles. The molecule has 1 atom stereocenters. The molecule has 80 valence electrons. The van der Waals surface area contributed by atoms with E-state index in [0.29, 0.717) is 18.7 Å². The van der Waals surface area contributed by atoms with Crippen LogP contribution in [0, 0.1) is 0 Å². The lowest BCUT2D eigenvalue weighted by molar-refractivity contribution is -0.144. The first-order chi connectivity index (χ1) is 7.15. The molecule has 2 N–H and O–H groups in total. The summed E-state index contributed by atoms with van der Waals surface area (Å²) in [5, 5.41) is 0. The van der Waals surface area contributed by atoms with Gasteiger partial charge in [-0.1, -0.05) is 0 Å². The smallest absolute Gasteiger partial charge is 0.329 e. The third-order valence-corrected chi connectivity index (χ3v) is 2.52. The van der Waals surface area contributed by atoms with Gasteiger partial charge in [-0.25, -0.2) is 9.78 Å². The summed E-state index contributed by atoms with van der Waals surface area (Å²) in [5.41, 5.74) is 5.13. The molecule has 0 bridgehead atoms. The van der Waals surface area contributed by atoms with Crippen LogP contribution in [0.15, 0.2) is 11.0 Å². The quantitative estimate of drug-likeness (QED) is 0.629. The first-order valence-electron chi connectivity index (χ1n) is 4.59. The van der Waals surface area contributed by atoms with Gasteiger partial charge in [-0.3, -0.25) is 9.36 Å². The molecule has 0 saturated heterocycles. The number of methoxy groups -OCH3 is 1. The van der Waals surface area contributed by atoms with Crippen LogP contribution in [0.25, 0.3) is 0 Å². The monoisotopic (exact) mass is 209 g/mol. The number of hydrogen-bond donors (Lipinski definition) is 1. The van der Waals surface area contributed by atoms with Crippen molar-refractivity contribution in [3.8, 4) is 0 Å². The summed E-state index contributed by atoms with van der Waals surface area (Å²) in [6.07, 6.45) is 2.46. The van der Waals surface area contributed by atoms with Crippen LogP contribution in [0.1, 0.15) is 18.3 Å². The number of nitrogen functional groups attached to an aromatic ring is 1. The Morgan fingerprint density at radius 1 is 1.73 bits per heavy atom. The molecule has 0 fully saturated rings. The lowest BCUT2D eigenvalue weighted by atomic mass is 10.2. The van der Waals surface area contributed by atoms with Crippen molar-refractivity contribution in [3.63, 3.8) is 0 Å². The molecule has 1 unspecified atom stereocenters. The maximum atomic E-state index is 11.7. The molecule has 2 rings (SSSR count). The van der Waals surface area contributed by atoms with Crippen LogP contribution in [0.3, 0.4) is 0 Å². The second-order valence-corrected chi connectivity index (χ2v) is 3.38. The second-order valence-electron chi connectivity index (χ2n) is 3.38. The standard InChI is InChI=1S/C9H11N3O3/c1-15-9(14)6-2-3-7-11-4-5(10)8(13)12(6)7/h4,6H,2-3,10H2,1H3. The van der Waals surface area contributed by atoms with Crippen LogP contribution in [0.2, 0.25) is 0 Å². The van der Waals surface area contributed by atoms with E-state index in [1.807, 2.05) is 0 Å². The third kappa shape index (κ3) is 1.38. The Labute approximate surface area is 85.7 Å². The SMILES string of the molecule is COC(=O)C1CCc2ncc(N)c(=O)n21. The summed E-state index contributed by atoms with van der Waals surface area (Å²) < 4.78 is 5.94. The number of aromatic nitrogens is 2. The molecule has 0 aromatic carbocycles. The maximum absolute atomic E-state index is 11.7. The van der Waals surface area contributed by atoms with E-state index in [1.54, 1.807) is 0 Å². The van der Waals surface area contributed by atoms with E-state index in [9.17, 15) is 9.59 Å². The third-order valence-electron chi connectivity index (χ3n) is 2.52. The molecule has 1 aliphatic heterocycles. The van der Waals surface area contributed by atoms with Crippen LogP contribution in [0.5, 0.6) is 0 Å². The Morgan fingerprint density at radius 2 is 2.47 bits per heavy atom. The van der Waals surface area contributed by atoms with Crippen LogP contribution < -0.4 is 11.3 Å². The van der Waals surface area contributed by atoms with Crippen LogP contribution in [-0.2, 0) is 16.0 Å². The predicted octanol–water partition coefficient (Wildman–Crippen LogP) is -0.514. The minimum absolute atomic E-state index is 0.0505. The molecule has 1 aromatic rings. The van der Waals surface area contributed by atoms with Gasteiger partial charge in [0, 0.05) is 6.42 Å². The van der Waals surface area contributed by atoms with Gasteiger partial charge in [-0.05, 0) is 6.42 Å². The van der Waals surface area contributed by atoms with Gasteiger partial charge in [0.25, 0.3) is 5.56 Å². The number of fused-ring (bicyclic) bond motifs is 1. The Hall–Kier alpha value is -1.85. The van der Waals surface area contributed by atoms with E-state index >= 15 is 0 Å². The Bertz CT molecular complexity index is 466. The maximum Gasteiger partial charge on any atom is 0.329 e. The van der Waals surface area contributed by atoms with Gasteiger partial charge < -0.3 is 10.5 Å². The van der Waals surface area contributed by atoms with Gasteiger partial charge in [-0.2, -0.15) is 0 Å². The van der Waals surface area contributed by atoms with Crippen molar-refractivity contribution >= 4 is 11.7 Å². The molecule has 0 radical (unpaired) electrons. The summed E-state index contributed by atoms with van der Waals surface area (Å²) >= 11 is 0. The number of nitrogens with zero attached hydrogens (tertiary/aromatic N) is 2. The fourth-order valence-electron chi connectivity index (χ4n) is 1.78. The zero-order chi connectivity index (χ0) is 11.0. The largest absolute Gasteiger partial charge is 0.467 e. The number of esters is 1. The highest BCUT2D eigenvalue weighted by atomic mass is 16.5. The normalized spacial score (nSPS) is 18.6. The first-order valence-corrected chi connectivity index (χ1v) is 4.59. The van der Waals surface area contributed by atoms with Crippen molar-refractivity contribution in [2.24, 2.45) is 0 Å². The average molecular weight is 209 g/mol. The molecule has 6 nitrogen and oxygen atoms in total. The van der Waals surface area contributed by atoms with Crippen molar-refractivity contribution in [2.75, 3.05) is 12.8 Å². The van der Waals surface area contributed by atoms with E-state index in [0.717, 1.165) is 0 Å². The van der Waals surface area contributed by atoms with Crippen molar-refractivity contribution in [3.05, 3.63) is 22.4 Å². The number of rotatable bonds is 1. The van der Waals surface area contributed by atoms with Crippen molar-refractivity contribution in [1.29, 1.82) is 0 Å². The number of anilines is 1.